The van der Waals surface area contributed by atoms with Crippen molar-refractivity contribution >= 4 is 38.7 Å². The molecule has 2 fully saturated rings. The van der Waals surface area contributed by atoms with E-state index in [1.165, 1.54) is 11.3 Å². The normalized spacial score (nSPS) is 20.9. The number of sulfone groups is 1. The molecule has 2 unspecified atom stereocenters. The van der Waals surface area contributed by atoms with Gasteiger partial charge in [-0.15, -0.1) is 11.3 Å². The molecular weight excluding hydrogens is 562 g/mol. The minimum Gasteiger partial charge on any atom is -0.377 e. The standard InChI is InChI=1S/C26H30F2N6O4S2/c1-14-13-38-9-8-34(14)23-11-20(19-10-21(19)40(36,37)26-30-15(2)16(3)39-26)32-24(33-23)17-4-6-18(7-5-17)31-25(35)29-12-22(27)28/h4-7,11,14,19,21-22H,8-10,12-13H2,1-3H3,(H2,29,31,35)/t14-,19?,21?/m0/s1. The Kier molecular flexibility index (Phi) is 8.02. The van der Waals surface area contributed by atoms with E-state index < -0.39 is 34.1 Å². The van der Waals surface area contributed by atoms with Crippen LogP contribution >= 0.6 is 11.3 Å². The number of urea groups is 1. The number of anilines is 2. The second-order valence-electron chi connectivity index (χ2n) is 9.94. The van der Waals surface area contributed by atoms with Crippen LogP contribution in [0.1, 0.15) is 35.5 Å². The predicted octanol–water partition coefficient (Wildman–Crippen LogP) is 4.16. The highest BCUT2D eigenvalue weighted by Crippen LogP contribution is 2.49. The monoisotopic (exact) mass is 592 g/mol. The van der Waals surface area contributed by atoms with Crippen molar-refractivity contribution < 1.29 is 26.7 Å². The Labute approximate surface area is 235 Å². The number of carbonyl (C=O) groups excluding carboxylic acids is 1. The topological polar surface area (TPSA) is 126 Å². The van der Waals surface area contributed by atoms with E-state index in [0.29, 0.717) is 54.8 Å². The van der Waals surface area contributed by atoms with Crippen LogP contribution in [0.15, 0.2) is 34.7 Å². The van der Waals surface area contributed by atoms with Gasteiger partial charge >= 0.3 is 6.03 Å². The maximum absolute atomic E-state index is 13.3. The lowest BCUT2D eigenvalue weighted by Crippen LogP contribution is -2.44. The molecular formula is C26H30F2N6O4S2. The summed E-state index contributed by atoms with van der Waals surface area (Å²) >= 11 is 1.20. The quantitative estimate of drug-likeness (QED) is 0.400. The van der Waals surface area contributed by atoms with Gasteiger partial charge in [0.05, 0.1) is 42.4 Å². The van der Waals surface area contributed by atoms with Crippen molar-refractivity contribution in [2.45, 2.75) is 55.2 Å². The Morgan fingerprint density at radius 1 is 1.20 bits per heavy atom. The molecule has 14 heteroatoms. The first-order chi connectivity index (χ1) is 19.0. The van der Waals surface area contributed by atoms with Gasteiger partial charge in [-0.2, -0.15) is 0 Å². The van der Waals surface area contributed by atoms with E-state index in [-0.39, 0.29) is 16.3 Å². The Balaban J connectivity index is 1.42. The number of hydrogen-bond acceptors (Lipinski definition) is 9. The van der Waals surface area contributed by atoms with Crippen molar-refractivity contribution in [3.63, 3.8) is 0 Å². The molecule has 1 saturated heterocycles. The Morgan fingerprint density at radius 2 is 1.95 bits per heavy atom. The van der Waals surface area contributed by atoms with E-state index in [9.17, 15) is 22.0 Å². The smallest absolute Gasteiger partial charge is 0.319 e. The molecule has 0 bridgehead atoms. The molecule has 1 aromatic carbocycles. The second-order valence-corrected chi connectivity index (χ2v) is 13.5. The second kappa shape index (κ2) is 11.3. The first kappa shape index (κ1) is 28.3. The molecule has 3 aromatic rings. The van der Waals surface area contributed by atoms with Gasteiger partial charge < -0.3 is 20.3 Å². The first-order valence-electron chi connectivity index (χ1n) is 12.9. The van der Waals surface area contributed by atoms with Crippen LogP contribution in [0.4, 0.5) is 25.1 Å². The Morgan fingerprint density at radius 3 is 2.60 bits per heavy atom. The van der Waals surface area contributed by atoms with Gasteiger partial charge in [0.25, 0.3) is 6.43 Å². The summed E-state index contributed by atoms with van der Waals surface area (Å²) in [6.07, 6.45) is -2.19. The van der Waals surface area contributed by atoms with E-state index >= 15 is 0 Å². The lowest BCUT2D eigenvalue weighted by molar-refractivity contribution is 0.0985. The highest BCUT2D eigenvalue weighted by atomic mass is 32.2. The molecule has 214 valence electrons. The van der Waals surface area contributed by atoms with Crippen LogP contribution in [0, 0.1) is 13.8 Å². The molecule has 10 nitrogen and oxygen atoms in total. The van der Waals surface area contributed by atoms with Crippen molar-refractivity contribution in [3.05, 3.63) is 46.6 Å². The number of hydrogen-bond donors (Lipinski definition) is 2. The zero-order valence-electron chi connectivity index (χ0n) is 22.2. The number of rotatable bonds is 8. The number of aromatic nitrogens is 3. The predicted molar refractivity (Wildman–Crippen MR) is 148 cm³/mol. The number of benzene rings is 1. The maximum Gasteiger partial charge on any atom is 0.319 e. The molecule has 1 saturated carbocycles. The maximum atomic E-state index is 13.3. The van der Waals surface area contributed by atoms with Crippen LogP contribution in [0.3, 0.4) is 0 Å². The number of halogens is 2. The highest BCUT2D eigenvalue weighted by Gasteiger charge is 2.51. The van der Waals surface area contributed by atoms with Crippen LogP contribution in [0.2, 0.25) is 0 Å². The molecule has 2 aromatic heterocycles. The summed E-state index contributed by atoms with van der Waals surface area (Å²) in [5.74, 6) is 0.822. The molecule has 1 aliphatic carbocycles. The van der Waals surface area contributed by atoms with Crippen LogP contribution in [0.25, 0.3) is 11.4 Å². The Bertz CT molecular complexity index is 1480. The van der Waals surface area contributed by atoms with Crippen molar-refractivity contribution in [2.24, 2.45) is 0 Å². The summed E-state index contributed by atoms with van der Waals surface area (Å²) in [5, 5.41) is 4.00. The van der Waals surface area contributed by atoms with Crippen molar-refractivity contribution in [2.75, 3.05) is 36.5 Å². The minimum absolute atomic E-state index is 0.0719. The van der Waals surface area contributed by atoms with Gasteiger partial charge in [0.1, 0.15) is 5.82 Å². The van der Waals surface area contributed by atoms with Gasteiger partial charge in [-0.05, 0) is 51.5 Å². The lowest BCUT2D eigenvalue weighted by atomic mass is 10.1. The fourth-order valence-electron chi connectivity index (χ4n) is 4.55. The third-order valence-corrected chi connectivity index (χ3v) is 10.7. The third kappa shape index (κ3) is 6.08. The van der Waals surface area contributed by atoms with Gasteiger partial charge in [0.2, 0.25) is 14.2 Å². The number of thiazole rings is 1. The molecule has 3 heterocycles. The fourth-order valence-corrected chi connectivity index (χ4v) is 7.96. The van der Waals surface area contributed by atoms with Crippen molar-refractivity contribution in [1.82, 2.24) is 20.3 Å². The summed E-state index contributed by atoms with van der Waals surface area (Å²) in [4.78, 5) is 28.7. The summed E-state index contributed by atoms with van der Waals surface area (Å²) < 4.78 is 57.1. The average Bonchev–Trinajstić information content (AvgIpc) is 3.67. The average molecular weight is 593 g/mol. The van der Waals surface area contributed by atoms with Gasteiger partial charge in [-0.25, -0.2) is 36.9 Å². The summed E-state index contributed by atoms with van der Waals surface area (Å²) in [6.45, 7) is 6.70. The fraction of sp³-hybridized carbons (Fsp3) is 0.462. The molecule has 2 aliphatic rings. The zero-order chi connectivity index (χ0) is 28.6. The molecule has 3 atom stereocenters. The Hall–Kier alpha value is -3.23. The van der Waals surface area contributed by atoms with E-state index in [1.54, 1.807) is 31.2 Å². The van der Waals surface area contributed by atoms with Crippen molar-refractivity contribution in [3.8, 4) is 11.4 Å². The molecule has 2 amide bonds. The number of nitrogens with one attached hydrogen (secondary N) is 2. The lowest BCUT2D eigenvalue weighted by Gasteiger charge is -2.34. The summed E-state index contributed by atoms with van der Waals surface area (Å²) in [7, 11) is -3.60. The summed E-state index contributed by atoms with van der Waals surface area (Å²) in [5.41, 5.74) is 2.44. The number of amides is 2. The van der Waals surface area contributed by atoms with Crippen LogP contribution in [-0.4, -0.2) is 73.4 Å². The number of morpholine rings is 1. The molecule has 40 heavy (non-hydrogen) atoms. The molecule has 0 radical (unpaired) electrons. The number of aryl methyl sites for hydroxylation is 2. The van der Waals surface area contributed by atoms with Crippen LogP contribution in [0.5, 0.6) is 0 Å². The van der Waals surface area contributed by atoms with Crippen molar-refractivity contribution in [1.29, 1.82) is 0 Å². The first-order valence-corrected chi connectivity index (χ1v) is 15.2. The van der Waals surface area contributed by atoms with Gasteiger partial charge in [0, 0.05) is 34.7 Å². The van der Waals surface area contributed by atoms with E-state index in [0.717, 1.165) is 10.6 Å². The van der Waals surface area contributed by atoms with Crippen LogP contribution in [-0.2, 0) is 14.6 Å². The zero-order valence-corrected chi connectivity index (χ0v) is 23.9. The third-order valence-electron chi connectivity index (χ3n) is 6.97. The minimum atomic E-state index is -3.60. The number of nitrogens with zero attached hydrogens (tertiary/aromatic N) is 4. The van der Waals surface area contributed by atoms with Gasteiger partial charge in [0.15, 0.2) is 5.82 Å². The highest BCUT2D eigenvalue weighted by molar-refractivity contribution is 7.94. The molecule has 2 N–H and O–H groups in total. The number of carbonyl (C=O) groups is 1. The number of ether oxygens (including phenoxy) is 1. The molecule has 1 aliphatic heterocycles. The van der Waals surface area contributed by atoms with Crippen LogP contribution < -0.4 is 15.5 Å². The van der Waals surface area contributed by atoms with E-state index in [4.69, 9.17) is 14.7 Å². The molecule has 0 spiro atoms. The van der Waals surface area contributed by atoms with E-state index in [1.807, 2.05) is 19.9 Å². The number of alkyl halides is 2. The SMILES string of the molecule is Cc1nc(S(=O)(=O)C2CC2c2cc(N3CCOC[C@@H]3C)nc(-c3ccc(NC(=O)NCC(F)F)cc3)n2)sc1C. The largest absolute Gasteiger partial charge is 0.377 e. The van der Waals surface area contributed by atoms with Gasteiger partial charge in [-0.1, -0.05) is 0 Å². The van der Waals surface area contributed by atoms with E-state index in [2.05, 4.69) is 20.5 Å². The molecule has 5 rings (SSSR count). The van der Waals surface area contributed by atoms with Gasteiger partial charge in [-0.3, -0.25) is 0 Å². The summed E-state index contributed by atoms with van der Waals surface area (Å²) in [6, 6.07) is 7.90.